The molecule has 5 nitrogen and oxygen atoms in total. The summed E-state index contributed by atoms with van der Waals surface area (Å²) in [5, 5.41) is 9.23. The Kier molecular flexibility index (Phi) is 5.40. The van der Waals surface area contributed by atoms with Crippen molar-refractivity contribution in [1.82, 2.24) is 4.72 Å². The normalized spacial score (nSPS) is 17.3. The number of rotatable bonds is 5. The molecule has 0 atom stereocenters. The van der Waals surface area contributed by atoms with Gasteiger partial charge in [-0.05, 0) is 36.5 Å². The van der Waals surface area contributed by atoms with Crippen LogP contribution in [-0.4, -0.2) is 33.3 Å². The highest BCUT2D eigenvalue weighted by atomic mass is 35.5. The minimum Gasteiger partial charge on any atom is -0.392 e. The van der Waals surface area contributed by atoms with E-state index in [-0.39, 0.29) is 16.5 Å². The Hall–Kier alpha value is -0.660. The van der Waals surface area contributed by atoms with E-state index in [0.29, 0.717) is 31.2 Å². The molecule has 1 aromatic rings. The third-order valence-corrected chi connectivity index (χ3v) is 5.28. The van der Waals surface area contributed by atoms with E-state index in [0.717, 1.165) is 12.8 Å². The fraction of sp³-hybridized carbons (Fsp3) is 0.538. The van der Waals surface area contributed by atoms with Crippen molar-refractivity contribution in [3.8, 4) is 0 Å². The quantitative estimate of drug-likeness (QED) is 0.863. The van der Waals surface area contributed by atoms with Crippen LogP contribution >= 0.6 is 11.6 Å². The van der Waals surface area contributed by atoms with Crippen LogP contribution in [-0.2, 0) is 21.4 Å². The summed E-state index contributed by atoms with van der Waals surface area (Å²) < 4.78 is 32.3. The lowest BCUT2D eigenvalue weighted by atomic mass is 10.0. The fourth-order valence-corrected chi connectivity index (χ4v) is 3.77. The number of benzene rings is 1. The van der Waals surface area contributed by atoms with Gasteiger partial charge in [0.25, 0.3) is 0 Å². The van der Waals surface area contributed by atoms with Gasteiger partial charge in [0, 0.05) is 19.8 Å². The SMILES string of the molecule is O=S(=O)(NCC1CCOCC1)c1cc(CO)ccc1Cl. The molecule has 0 radical (unpaired) electrons. The predicted octanol–water partition coefficient (Wildman–Crippen LogP) is 1.54. The molecule has 1 aromatic carbocycles. The second-order valence-electron chi connectivity index (χ2n) is 4.83. The Bertz CT molecular complexity index is 555. The Balaban J connectivity index is 2.09. The smallest absolute Gasteiger partial charge is 0.242 e. The summed E-state index contributed by atoms with van der Waals surface area (Å²) in [4.78, 5) is 0.0118. The van der Waals surface area contributed by atoms with Crippen molar-refractivity contribution in [2.45, 2.75) is 24.3 Å². The largest absolute Gasteiger partial charge is 0.392 e. The van der Waals surface area contributed by atoms with Gasteiger partial charge >= 0.3 is 0 Å². The van der Waals surface area contributed by atoms with Gasteiger partial charge in [0.1, 0.15) is 4.90 Å². The van der Waals surface area contributed by atoms with Gasteiger partial charge in [0.2, 0.25) is 10.0 Å². The van der Waals surface area contributed by atoms with Crippen molar-refractivity contribution in [2.24, 2.45) is 5.92 Å². The Morgan fingerprint density at radius 3 is 2.70 bits per heavy atom. The molecule has 1 heterocycles. The van der Waals surface area contributed by atoms with Crippen LogP contribution in [0.15, 0.2) is 23.1 Å². The summed E-state index contributed by atoms with van der Waals surface area (Å²) in [7, 11) is -3.66. The van der Waals surface area contributed by atoms with Crippen molar-refractivity contribution in [3.63, 3.8) is 0 Å². The Labute approximate surface area is 124 Å². The summed E-state index contributed by atoms with van der Waals surface area (Å²) in [6.45, 7) is 1.51. The molecule has 0 amide bonds. The highest BCUT2D eigenvalue weighted by molar-refractivity contribution is 7.89. The van der Waals surface area contributed by atoms with Crippen molar-refractivity contribution in [3.05, 3.63) is 28.8 Å². The van der Waals surface area contributed by atoms with Gasteiger partial charge in [-0.15, -0.1) is 0 Å². The lowest BCUT2D eigenvalue weighted by Gasteiger charge is -2.22. The monoisotopic (exact) mass is 319 g/mol. The Morgan fingerprint density at radius 1 is 1.35 bits per heavy atom. The maximum Gasteiger partial charge on any atom is 0.242 e. The number of ether oxygens (including phenoxy) is 1. The van der Waals surface area contributed by atoms with Crippen LogP contribution in [0.25, 0.3) is 0 Å². The number of halogens is 1. The molecular weight excluding hydrogens is 302 g/mol. The van der Waals surface area contributed by atoms with Gasteiger partial charge in [-0.2, -0.15) is 0 Å². The summed E-state index contributed by atoms with van der Waals surface area (Å²) in [6.07, 6.45) is 1.71. The molecule has 1 aliphatic rings. The van der Waals surface area contributed by atoms with E-state index in [9.17, 15) is 8.42 Å². The molecule has 1 fully saturated rings. The van der Waals surface area contributed by atoms with Gasteiger partial charge in [0.15, 0.2) is 0 Å². The van der Waals surface area contributed by atoms with Gasteiger partial charge in [-0.3, -0.25) is 0 Å². The number of hydrogen-bond acceptors (Lipinski definition) is 4. The molecular formula is C13H18ClNO4S. The van der Waals surface area contributed by atoms with Crippen LogP contribution in [0, 0.1) is 5.92 Å². The molecule has 1 saturated heterocycles. The number of hydrogen-bond donors (Lipinski definition) is 2. The second-order valence-corrected chi connectivity index (χ2v) is 6.97. The molecule has 0 saturated carbocycles. The van der Waals surface area contributed by atoms with Crippen LogP contribution in [0.5, 0.6) is 0 Å². The van der Waals surface area contributed by atoms with Crippen LogP contribution in [0.4, 0.5) is 0 Å². The van der Waals surface area contributed by atoms with Crippen molar-refractivity contribution < 1.29 is 18.3 Å². The van der Waals surface area contributed by atoms with E-state index in [1.165, 1.54) is 12.1 Å². The molecule has 20 heavy (non-hydrogen) atoms. The van der Waals surface area contributed by atoms with E-state index in [1.807, 2.05) is 0 Å². The molecule has 0 unspecified atom stereocenters. The first-order valence-corrected chi connectivity index (χ1v) is 8.36. The zero-order valence-corrected chi connectivity index (χ0v) is 12.6. The first kappa shape index (κ1) is 15.7. The van der Waals surface area contributed by atoms with Gasteiger partial charge in [-0.25, -0.2) is 13.1 Å². The number of sulfonamides is 1. The van der Waals surface area contributed by atoms with E-state index >= 15 is 0 Å². The van der Waals surface area contributed by atoms with Crippen molar-refractivity contribution in [2.75, 3.05) is 19.8 Å². The molecule has 0 spiro atoms. The molecule has 2 rings (SSSR count). The van der Waals surface area contributed by atoms with Crippen molar-refractivity contribution in [1.29, 1.82) is 0 Å². The molecule has 0 bridgehead atoms. The summed E-state index contributed by atoms with van der Waals surface area (Å²) in [5.74, 6) is 0.290. The van der Waals surface area contributed by atoms with Crippen LogP contribution < -0.4 is 4.72 Å². The molecule has 112 valence electrons. The van der Waals surface area contributed by atoms with E-state index in [4.69, 9.17) is 21.4 Å². The summed E-state index contributed by atoms with van der Waals surface area (Å²) in [5.41, 5.74) is 0.515. The number of aliphatic hydroxyl groups is 1. The average Bonchev–Trinajstić information content (AvgIpc) is 2.47. The highest BCUT2D eigenvalue weighted by Gasteiger charge is 2.21. The van der Waals surface area contributed by atoms with Gasteiger partial charge in [0.05, 0.1) is 11.6 Å². The van der Waals surface area contributed by atoms with Crippen LogP contribution in [0.2, 0.25) is 5.02 Å². The molecule has 0 aliphatic carbocycles. The zero-order valence-electron chi connectivity index (χ0n) is 11.0. The Morgan fingerprint density at radius 2 is 2.05 bits per heavy atom. The van der Waals surface area contributed by atoms with E-state index in [2.05, 4.69) is 4.72 Å². The number of aliphatic hydroxyl groups excluding tert-OH is 1. The standard InChI is InChI=1S/C13H18ClNO4S/c14-12-2-1-11(9-16)7-13(12)20(17,18)15-8-10-3-5-19-6-4-10/h1-2,7,10,15-16H,3-6,8-9H2. The second kappa shape index (κ2) is 6.87. The fourth-order valence-electron chi connectivity index (χ4n) is 2.11. The number of nitrogens with one attached hydrogen (secondary N) is 1. The highest BCUT2D eigenvalue weighted by Crippen LogP contribution is 2.23. The molecule has 7 heteroatoms. The minimum absolute atomic E-state index is 0.0118. The molecule has 1 aliphatic heterocycles. The lowest BCUT2D eigenvalue weighted by molar-refractivity contribution is 0.0678. The van der Waals surface area contributed by atoms with Gasteiger partial charge in [-0.1, -0.05) is 17.7 Å². The van der Waals surface area contributed by atoms with Gasteiger partial charge < -0.3 is 9.84 Å². The third kappa shape index (κ3) is 3.93. The zero-order chi connectivity index (χ0) is 14.6. The molecule has 2 N–H and O–H groups in total. The summed E-state index contributed by atoms with van der Waals surface area (Å²) in [6, 6.07) is 4.48. The van der Waals surface area contributed by atoms with E-state index < -0.39 is 10.0 Å². The third-order valence-electron chi connectivity index (χ3n) is 3.37. The van der Waals surface area contributed by atoms with Crippen LogP contribution in [0.3, 0.4) is 0 Å². The maximum atomic E-state index is 12.3. The first-order chi connectivity index (χ1) is 9.53. The predicted molar refractivity (Wildman–Crippen MR) is 76.1 cm³/mol. The topological polar surface area (TPSA) is 75.6 Å². The van der Waals surface area contributed by atoms with E-state index in [1.54, 1.807) is 6.07 Å². The lowest BCUT2D eigenvalue weighted by Crippen LogP contribution is -2.32. The van der Waals surface area contributed by atoms with Crippen molar-refractivity contribution >= 4 is 21.6 Å². The average molecular weight is 320 g/mol. The first-order valence-electron chi connectivity index (χ1n) is 6.49. The molecule has 0 aromatic heterocycles. The minimum atomic E-state index is -3.66. The maximum absolute atomic E-state index is 12.3. The van der Waals surface area contributed by atoms with Crippen LogP contribution in [0.1, 0.15) is 18.4 Å². The summed E-state index contributed by atoms with van der Waals surface area (Å²) >= 11 is 5.94.